The highest BCUT2D eigenvalue weighted by Crippen LogP contribution is 2.11. The molecule has 1 aromatic rings. The highest BCUT2D eigenvalue weighted by Gasteiger charge is 2.04. The Hall–Kier alpha value is -0.870. The van der Waals surface area contributed by atoms with Gasteiger partial charge in [-0.1, -0.05) is 13.0 Å². The minimum atomic E-state index is 0.136. The standard InChI is InChI=1S/C12H20N2OS/c1-10(8-13)9-14-12(15)6-2-4-11-5-3-7-16-11/h3,5,7,10H,2,4,6,8-9,13H2,1H3,(H,14,15). The van der Waals surface area contributed by atoms with Gasteiger partial charge in [0.15, 0.2) is 0 Å². The molecule has 0 bridgehead atoms. The molecule has 3 N–H and O–H groups in total. The van der Waals surface area contributed by atoms with Gasteiger partial charge in [-0.25, -0.2) is 0 Å². The fourth-order valence-corrected chi connectivity index (χ4v) is 2.09. The number of carbonyl (C=O) groups excluding carboxylic acids is 1. The molecule has 1 rings (SSSR count). The van der Waals surface area contributed by atoms with Crippen LogP contribution in [0.3, 0.4) is 0 Å². The van der Waals surface area contributed by atoms with Crippen molar-refractivity contribution >= 4 is 17.2 Å². The highest BCUT2D eigenvalue weighted by atomic mass is 32.1. The predicted molar refractivity (Wildman–Crippen MR) is 68.5 cm³/mol. The fourth-order valence-electron chi connectivity index (χ4n) is 1.34. The van der Waals surface area contributed by atoms with E-state index in [1.54, 1.807) is 11.3 Å². The lowest BCUT2D eigenvalue weighted by molar-refractivity contribution is -0.121. The molecule has 0 saturated heterocycles. The van der Waals surface area contributed by atoms with E-state index in [1.165, 1.54) is 4.88 Å². The molecule has 4 heteroatoms. The Morgan fingerprint density at radius 3 is 3.06 bits per heavy atom. The fraction of sp³-hybridized carbons (Fsp3) is 0.583. The zero-order valence-electron chi connectivity index (χ0n) is 9.74. The first-order chi connectivity index (χ1) is 7.72. The third kappa shape index (κ3) is 5.28. The number of nitrogens with two attached hydrogens (primary N) is 1. The van der Waals surface area contributed by atoms with Crippen LogP contribution in [0.25, 0.3) is 0 Å². The number of aryl methyl sites for hydroxylation is 1. The van der Waals surface area contributed by atoms with Crippen molar-refractivity contribution < 1.29 is 4.79 Å². The summed E-state index contributed by atoms with van der Waals surface area (Å²) in [7, 11) is 0. The lowest BCUT2D eigenvalue weighted by Gasteiger charge is -2.09. The van der Waals surface area contributed by atoms with Gasteiger partial charge < -0.3 is 11.1 Å². The first kappa shape index (κ1) is 13.2. The van der Waals surface area contributed by atoms with Crippen LogP contribution in [0.1, 0.15) is 24.6 Å². The van der Waals surface area contributed by atoms with E-state index in [1.807, 2.05) is 13.0 Å². The minimum absolute atomic E-state index is 0.136. The summed E-state index contributed by atoms with van der Waals surface area (Å²) < 4.78 is 0. The second kappa shape index (κ2) is 7.41. The van der Waals surface area contributed by atoms with E-state index in [0.29, 0.717) is 25.4 Å². The Kier molecular flexibility index (Phi) is 6.11. The van der Waals surface area contributed by atoms with Gasteiger partial charge in [-0.05, 0) is 36.8 Å². The number of carbonyl (C=O) groups is 1. The SMILES string of the molecule is CC(CN)CNC(=O)CCCc1cccs1. The summed E-state index contributed by atoms with van der Waals surface area (Å²) in [5.41, 5.74) is 5.47. The van der Waals surface area contributed by atoms with Crippen LogP contribution in [0, 0.1) is 5.92 Å². The van der Waals surface area contributed by atoms with Crippen molar-refractivity contribution in [1.82, 2.24) is 5.32 Å². The van der Waals surface area contributed by atoms with Crippen molar-refractivity contribution in [2.75, 3.05) is 13.1 Å². The van der Waals surface area contributed by atoms with Crippen LogP contribution >= 0.6 is 11.3 Å². The highest BCUT2D eigenvalue weighted by molar-refractivity contribution is 7.09. The Bertz CT molecular complexity index is 298. The van der Waals surface area contributed by atoms with E-state index in [2.05, 4.69) is 16.8 Å². The van der Waals surface area contributed by atoms with Gasteiger partial charge in [-0.3, -0.25) is 4.79 Å². The zero-order chi connectivity index (χ0) is 11.8. The molecule has 0 spiro atoms. The topological polar surface area (TPSA) is 55.1 Å². The molecule has 0 aliphatic heterocycles. The maximum atomic E-state index is 11.4. The zero-order valence-corrected chi connectivity index (χ0v) is 10.6. The molecular formula is C12H20N2OS. The van der Waals surface area contributed by atoms with Crippen LogP contribution in [-0.4, -0.2) is 19.0 Å². The smallest absolute Gasteiger partial charge is 0.220 e. The van der Waals surface area contributed by atoms with Gasteiger partial charge in [-0.2, -0.15) is 0 Å². The molecule has 0 saturated carbocycles. The normalized spacial score (nSPS) is 12.4. The van der Waals surface area contributed by atoms with Crippen LogP contribution in [0.5, 0.6) is 0 Å². The third-order valence-corrected chi connectivity index (χ3v) is 3.39. The Balaban J connectivity index is 2.06. The molecule has 1 aromatic heterocycles. The lowest BCUT2D eigenvalue weighted by Crippen LogP contribution is -2.31. The van der Waals surface area contributed by atoms with E-state index in [9.17, 15) is 4.79 Å². The second-order valence-corrected chi connectivity index (χ2v) is 5.11. The van der Waals surface area contributed by atoms with Crippen molar-refractivity contribution in [3.05, 3.63) is 22.4 Å². The first-order valence-electron chi connectivity index (χ1n) is 5.71. The predicted octanol–water partition coefficient (Wildman–Crippen LogP) is 1.78. The molecule has 0 fully saturated rings. The van der Waals surface area contributed by atoms with Crippen molar-refractivity contribution in [3.63, 3.8) is 0 Å². The average molecular weight is 240 g/mol. The van der Waals surface area contributed by atoms with E-state index in [0.717, 1.165) is 12.8 Å². The van der Waals surface area contributed by atoms with Gasteiger partial charge in [0.2, 0.25) is 5.91 Å². The number of rotatable bonds is 7. The maximum Gasteiger partial charge on any atom is 0.220 e. The van der Waals surface area contributed by atoms with E-state index in [4.69, 9.17) is 5.73 Å². The van der Waals surface area contributed by atoms with Crippen LogP contribution in [0.4, 0.5) is 0 Å². The molecular weight excluding hydrogens is 220 g/mol. The average Bonchev–Trinajstić information content (AvgIpc) is 2.79. The Morgan fingerprint density at radius 1 is 1.62 bits per heavy atom. The molecule has 1 amide bonds. The second-order valence-electron chi connectivity index (χ2n) is 4.08. The molecule has 1 heterocycles. The lowest BCUT2D eigenvalue weighted by atomic mass is 10.1. The van der Waals surface area contributed by atoms with Gasteiger partial charge in [0.05, 0.1) is 0 Å². The molecule has 0 aromatic carbocycles. The monoisotopic (exact) mass is 240 g/mol. The van der Waals surface area contributed by atoms with Crippen LogP contribution < -0.4 is 11.1 Å². The number of hydrogen-bond acceptors (Lipinski definition) is 3. The Labute approximate surface area is 101 Å². The number of nitrogens with one attached hydrogen (secondary N) is 1. The number of thiophene rings is 1. The quantitative estimate of drug-likeness (QED) is 0.763. The van der Waals surface area contributed by atoms with Crippen LogP contribution in [0.15, 0.2) is 17.5 Å². The summed E-state index contributed by atoms with van der Waals surface area (Å²) in [4.78, 5) is 12.8. The molecule has 90 valence electrons. The van der Waals surface area contributed by atoms with Gasteiger partial charge in [-0.15, -0.1) is 11.3 Å². The van der Waals surface area contributed by atoms with Crippen LogP contribution in [-0.2, 0) is 11.2 Å². The van der Waals surface area contributed by atoms with E-state index in [-0.39, 0.29) is 5.91 Å². The van der Waals surface area contributed by atoms with Gasteiger partial charge in [0.1, 0.15) is 0 Å². The van der Waals surface area contributed by atoms with Gasteiger partial charge >= 0.3 is 0 Å². The van der Waals surface area contributed by atoms with Crippen molar-refractivity contribution in [2.45, 2.75) is 26.2 Å². The molecule has 3 nitrogen and oxygen atoms in total. The van der Waals surface area contributed by atoms with Crippen molar-refractivity contribution in [2.24, 2.45) is 11.7 Å². The van der Waals surface area contributed by atoms with Gasteiger partial charge in [0, 0.05) is 17.8 Å². The largest absolute Gasteiger partial charge is 0.356 e. The van der Waals surface area contributed by atoms with Crippen molar-refractivity contribution in [1.29, 1.82) is 0 Å². The maximum absolute atomic E-state index is 11.4. The first-order valence-corrected chi connectivity index (χ1v) is 6.59. The van der Waals surface area contributed by atoms with Crippen molar-refractivity contribution in [3.8, 4) is 0 Å². The summed E-state index contributed by atoms with van der Waals surface area (Å²) in [5, 5.41) is 4.97. The van der Waals surface area contributed by atoms with E-state index >= 15 is 0 Å². The molecule has 0 aliphatic rings. The number of hydrogen-bond donors (Lipinski definition) is 2. The summed E-state index contributed by atoms with van der Waals surface area (Å²) in [6.07, 6.45) is 2.52. The van der Waals surface area contributed by atoms with Crippen LogP contribution in [0.2, 0.25) is 0 Å². The number of amides is 1. The summed E-state index contributed by atoms with van der Waals surface area (Å²) in [6.45, 7) is 3.34. The van der Waals surface area contributed by atoms with E-state index < -0.39 is 0 Å². The molecule has 0 radical (unpaired) electrons. The summed E-state index contributed by atoms with van der Waals surface area (Å²) >= 11 is 1.75. The summed E-state index contributed by atoms with van der Waals surface area (Å²) in [5.74, 6) is 0.498. The molecule has 1 unspecified atom stereocenters. The molecule has 16 heavy (non-hydrogen) atoms. The summed E-state index contributed by atoms with van der Waals surface area (Å²) in [6, 6.07) is 4.15. The molecule has 1 atom stereocenters. The van der Waals surface area contributed by atoms with Gasteiger partial charge in [0.25, 0.3) is 0 Å². The Morgan fingerprint density at radius 2 is 2.44 bits per heavy atom. The molecule has 0 aliphatic carbocycles. The minimum Gasteiger partial charge on any atom is -0.356 e. The third-order valence-electron chi connectivity index (χ3n) is 2.46.